The van der Waals surface area contributed by atoms with Crippen LogP contribution < -0.4 is 9.24 Å². The summed E-state index contributed by atoms with van der Waals surface area (Å²) in [6.07, 6.45) is 0. The lowest BCUT2D eigenvalue weighted by Crippen LogP contribution is -2.34. The number of fused-ring (bicyclic) bond motifs is 1. The summed E-state index contributed by atoms with van der Waals surface area (Å²) in [6, 6.07) is 6.53. The average Bonchev–Trinajstić information content (AvgIpc) is 2.91. The van der Waals surface area contributed by atoms with Gasteiger partial charge in [0.1, 0.15) is 22.1 Å². The number of hydrogen-bond donors (Lipinski definition) is 2. The third kappa shape index (κ3) is 2.83. The molecule has 0 aliphatic heterocycles. The van der Waals surface area contributed by atoms with Gasteiger partial charge in [-0.25, -0.2) is 22.6 Å². The molecule has 24 heavy (non-hydrogen) atoms. The molecule has 0 spiro atoms. The van der Waals surface area contributed by atoms with Crippen LogP contribution in [0.4, 0.5) is 4.39 Å². The highest BCUT2D eigenvalue weighted by atomic mass is 32.2. The lowest BCUT2D eigenvalue weighted by Gasteiger charge is -2.05. The number of carbonyl (C=O) groups excluding carboxylic acids is 1. The second-order valence-corrected chi connectivity index (χ2v) is 6.76. The van der Waals surface area contributed by atoms with Gasteiger partial charge in [0.05, 0.1) is 0 Å². The zero-order valence-electron chi connectivity index (χ0n) is 12.7. The summed E-state index contributed by atoms with van der Waals surface area (Å²) in [5.41, 5.74) is 1.44. The Kier molecular flexibility index (Phi) is 3.76. The molecule has 1 amide bonds. The van der Waals surface area contributed by atoms with Gasteiger partial charge in [-0.3, -0.25) is 4.79 Å². The number of H-pyrrole nitrogens is 1. The molecular weight excluding hydrogens is 337 g/mol. The summed E-state index contributed by atoms with van der Waals surface area (Å²) in [6.45, 7) is 3.54. The average molecular weight is 350 g/mol. The normalized spacial score (nSPS) is 11.6. The van der Waals surface area contributed by atoms with Crippen molar-refractivity contribution in [3.05, 3.63) is 53.4 Å². The molecule has 0 saturated heterocycles. The second-order valence-electron chi connectivity index (χ2n) is 5.11. The molecule has 1 aromatic carbocycles. The van der Waals surface area contributed by atoms with Crippen molar-refractivity contribution in [2.75, 3.05) is 0 Å². The molecule has 3 aromatic rings. The van der Waals surface area contributed by atoms with E-state index in [9.17, 15) is 17.6 Å². The van der Waals surface area contributed by atoms with Gasteiger partial charge >= 0.3 is 17.5 Å². The zero-order valence-corrected chi connectivity index (χ0v) is 13.6. The van der Waals surface area contributed by atoms with Crippen molar-refractivity contribution in [3.8, 4) is 0 Å². The Morgan fingerprint density at radius 2 is 1.96 bits per heavy atom. The maximum atomic E-state index is 13.6. The van der Waals surface area contributed by atoms with Crippen LogP contribution in [0, 0.1) is 19.7 Å². The Bertz CT molecular complexity index is 1060. The van der Waals surface area contributed by atoms with Crippen LogP contribution in [-0.4, -0.2) is 29.4 Å². The van der Waals surface area contributed by atoms with E-state index in [1.54, 1.807) is 24.6 Å². The fraction of sp³-hybridized carbons (Fsp3) is 0.143. The summed E-state index contributed by atoms with van der Waals surface area (Å²) in [5.74, 6) is -2.00. The predicted molar refractivity (Wildman–Crippen MR) is 80.1 cm³/mol. The van der Waals surface area contributed by atoms with Gasteiger partial charge in [-0.05, 0) is 31.0 Å². The smallest absolute Gasteiger partial charge is 0.263 e. The predicted octanol–water partition coefficient (Wildman–Crippen LogP) is 0.418. The van der Waals surface area contributed by atoms with Crippen LogP contribution in [0.5, 0.6) is 0 Å². The van der Waals surface area contributed by atoms with Crippen LogP contribution in [0.3, 0.4) is 0 Å². The minimum atomic E-state index is -4.36. The van der Waals surface area contributed by atoms with E-state index in [0.29, 0.717) is 5.69 Å². The van der Waals surface area contributed by atoms with Crippen molar-refractivity contribution in [2.45, 2.75) is 18.7 Å². The van der Waals surface area contributed by atoms with Crippen molar-refractivity contribution < 1.29 is 22.1 Å². The maximum absolute atomic E-state index is 13.6. The number of nitrogens with zero attached hydrogens (tertiary/aromatic N) is 3. The molecule has 0 saturated carbocycles. The third-order valence-electron chi connectivity index (χ3n) is 3.24. The standard InChI is InChI=1S/C14H12FN5O3S/c1-8-7-9(2)20-14(16-8)17-12(18-20)13(21)19-24(22,23)11-6-4-3-5-10(11)15/h3-7H,1-2H3,(H,19,21)/p+1. The first-order chi connectivity index (χ1) is 11.3. The van der Waals surface area contributed by atoms with Crippen molar-refractivity contribution in [1.29, 1.82) is 0 Å². The van der Waals surface area contributed by atoms with Crippen molar-refractivity contribution in [3.63, 3.8) is 0 Å². The van der Waals surface area contributed by atoms with Crippen molar-refractivity contribution >= 4 is 21.7 Å². The fourth-order valence-electron chi connectivity index (χ4n) is 2.20. The number of aryl methyl sites for hydroxylation is 2. The van der Waals surface area contributed by atoms with E-state index in [1.807, 2.05) is 0 Å². The molecule has 10 heteroatoms. The van der Waals surface area contributed by atoms with Crippen LogP contribution in [0.2, 0.25) is 0 Å². The van der Waals surface area contributed by atoms with Gasteiger partial charge in [0.25, 0.3) is 10.0 Å². The lowest BCUT2D eigenvalue weighted by atomic mass is 10.4. The number of benzene rings is 1. The highest BCUT2D eigenvalue weighted by molar-refractivity contribution is 7.90. The Morgan fingerprint density at radius 3 is 2.67 bits per heavy atom. The third-order valence-corrected chi connectivity index (χ3v) is 4.61. The first-order valence-electron chi connectivity index (χ1n) is 6.85. The number of hydrogen-bond acceptors (Lipinski definition) is 5. The number of sulfonamides is 1. The molecule has 2 N–H and O–H groups in total. The summed E-state index contributed by atoms with van der Waals surface area (Å²) >= 11 is 0. The van der Waals surface area contributed by atoms with Crippen molar-refractivity contribution in [1.82, 2.24) is 19.8 Å². The van der Waals surface area contributed by atoms with Gasteiger partial charge in [0.15, 0.2) is 0 Å². The number of carbonyl (C=O) groups is 1. The molecule has 0 fully saturated rings. The monoisotopic (exact) mass is 350 g/mol. The summed E-state index contributed by atoms with van der Waals surface area (Å²) in [5, 5.41) is 2.65. The number of aromatic nitrogens is 4. The first-order valence-corrected chi connectivity index (χ1v) is 8.34. The van der Waals surface area contributed by atoms with Crippen LogP contribution >= 0.6 is 0 Å². The number of amides is 1. The Balaban J connectivity index is 1.96. The minimum Gasteiger partial charge on any atom is -0.263 e. The Labute approximate surface area is 136 Å². The highest BCUT2D eigenvalue weighted by Gasteiger charge is 2.27. The van der Waals surface area contributed by atoms with E-state index in [1.165, 1.54) is 16.6 Å². The van der Waals surface area contributed by atoms with Crippen LogP contribution in [0.25, 0.3) is 5.78 Å². The molecule has 2 heterocycles. The van der Waals surface area contributed by atoms with E-state index in [4.69, 9.17) is 0 Å². The number of rotatable bonds is 3. The number of nitrogens with one attached hydrogen (secondary N) is 2. The molecule has 0 bridgehead atoms. The lowest BCUT2D eigenvalue weighted by molar-refractivity contribution is -0.587. The minimum absolute atomic E-state index is 0.223. The number of aromatic amines is 1. The SMILES string of the molecule is Cc1cc(C)[n+]2[nH]c(C(=O)NS(=O)(=O)c3ccccc3F)nc2n1. The quantitative estimate of drug-likeness (QED) is 0.666. The van der Waals surface area contributed by atoms with Gasteiger partial charge in [0, 0.05) is 6.07 Å². The summed E-state index contributed by atoms with van der Waals surface area (Å²) in [7, 11) is -4.36. The van der Waals surface area contributed by atoms with Gasteiger partial charge in [-0.1, -0.05) is 17.1 Å². The zero-order chi connectivity index (χ0) is 17.5. The Morgan fingerprint density at radius 1 is 1.25 bits per heavy atom. The fourth-order valence-corrected chi connectivity index (χ4v) is 3.23. The van der Waals surface area contributed by atoms with E-state index in [0.717, 1.165) is 17.8 Å². The molecular formula is C14H13FN5O3S+. The van der Waals surface area contributed by atoms with Crippen molar-refractivity contribution in [2.24, 2.45) is 0 Å². The van der Waals surface area contributed by atoms with Gasteiger partial charge < -0.3 is 0 Å². The van der Waals surface area contributed by atoms with Crippen LogP contribution in [0.1, 0.15) is 22.0 Å². The molecule has 0 unspecified atom stereocenters. The maximum Gasteiger partial charge on any atom is 0.457 e. The van der Waals surface area contributed by atoms with Crippen LogP contribution in [0.15, 0.2) is 35.2 Å². The topological polar surface area (TPSA) is 109 Å². The molecule has 3 rings (SSSR count). The van der Waals surface area contributed by atoms with E-state index >= 15 is 0 Å². The number of halogens is 1. The van der Waals surface area contributed by atoms with Gasteiger partial charge in [-0.2, -0.15) is 0 Å². The highest BCUT2D eigenvalue weighted by Crippen LogP contribution is 2.13. The molecule has 124 valence electrons. The summed E-state index contributed by atoms with van der Waals surface area (Å²) in [4.78, 5) is 19.6. The molecule has 8 nitrogen and oxygen atoms in total. The molecule has 2 aromatic heterocycles. The van der Waals surface area contributed by atoms with Crippen LogP contribution in [-0.2, 0) is 10.0 Å². The van der Waals surface area contributed by atoms with E-state index in [2.05, 4.69) is 15.1 Å². The van der Waals surface area contributed by atoms with E-state index in [-0.39, 0.29) is 11.6 Å². The Hall–Kier alpha value is -2.88. The van der Waals surface area contributed by atoms with Gasteiger partial charge in [-0.15, -0.1) is 4.52 Å². The molecule has 0 atom stereocenters. The molecule has 0 aliphatic rings. The second kappa shape index (κ2) is 5.64. The van der Waals surface area contributed by atoms with Gasteiger partial charge in [0.2, 0.25) is 0 Å². The first kappa shape index (κ1) is 16.0. The van der Waals surface area contributed by atoms with E-state index < -0.39 is 26.6 Å². The largest absolute Gasteiger partial charge is 0.457 e. The summed E-state index contributed by atoms with van der Waals surface area (Å²) < 4.78 is 41.1. The molecule has 0 aliphatic carbocycles. The molecule has 0 radical (unpaired) electrons.